The fraction of sp³-hybridized carbons (Fsp3) is 0.341. The van der Waals surface area contributed by atoms with E-state index in [1.54, 1.807) is 14.2 Å². The van der Waals surface area contributed by atoms with Crippen molar-refractivity contribution in [3.05, 3.63) is 128 Å². The quantitative estimate of drug-likeness (QED) is 0.187. The van der Waals surface area contributed by atoms with Crippen molar-refractivity contribution < 1.29 is 23.7 Å². The van der Waals surface area contributed by atoms with Gasteiger partial charge in [0.2, 0.25) is 5.91 Å². The molecule has 4 aromatic rings. The summed E-state index contributed by atoms with van der Waals surface area (Å²) in [4.78, 5) is 19.0. The molecule has 1 amide bonds. The van der Waals surface area contributed by atoms with Gasteiger partial charge in [-0.15, -0.1) is 0 Å². The number of hydrogen-bond acceptors (Lipinski definition) is 6. The predicted octanol–water partition coefficient (Wildman–Crippen LogP) is 7.57. The van der Waals surface area contributed by atoms with Crippen LogP contribution in [0.25, 0.3) is 6.08 Å². The van der Waals surface area contributed by atoms with Crippen molar-refractivity contribution >= 4 is 12.0 Å². The Morgan fingerprint density at radius 1 is 0.771 bits per heavy atom. The minimum atomic E-state index is -0.332. The normalized spacial score (nSPS) is 19.6. The topological polar surface area (TPSA) is 60.5 Å². The van der Waals surface area contributed by atoms with Crippen molar-refractivity contribution in [2.45, 2.75) is 65.5 Å². The summed E-state index contributed by atoms with van der Waals surface area (Å²) in [6, 6.07) is 21.7. The first-order chi connectivity index (χ1) is 23.2. The molecule has 0 unspecified atom stereocenters. The van der Waals surface area contributed by atoms with E-state index in [2.05, 4.69) is 76.1 Å². The van der Waals surface area contributed by atoms with E-state index in [1.165, 1.54) is 0 Å². The molecule has 1 saturated heterocycles. The molecule has 0 spiro atoms. The highest BCUT2D eigenvalue weighted by atomic mass is 16.5. The average molecular weight is 645 g/mol. The molecule has 1 fully saturated rings. The Kier molecular flexibility index (Phi) is 8.52. The standard InChI is InChI=1S/C41H44N2O5/c1-24-18-30-19-33-41(44)43-32(37(42(33)5)36(30)40(38(24)45-6)48-22-29-16-12-9-13-17-29)20-31-25(2)26(3)39(46-7)27(4)35(31)34(43)23-47-21-28-14-10-8-11-15-28/h8-18,20,33-34,37H,19,21-23H2,1-7H3/t33-,34+,37-/m1/s1. The summed E-state index contributed by atoms with van der Waals surface area (Å²) in [5.41, 5.74) is 11.8. The third kappa shape index (κ3) is 5.17. The summed E-state index contributed by atoms with van der Waals surface area (Å²) >= 11 is 0. The molecule has 48 heavy (non-hydrogen) atoms. The highest BCUT2D eigenvalue weighted by molar-refractivity contribution is 5.90. The predicted molar refractivity (Wildman–Crippen MR) is 187 cm³/mol. The van der Waals surface area contributed by atoms with E-state index in [0.717, 1.165) is 78.6 Å². The number of benzene rings is 4. The maximum atomic E-state index is 14.8. The first-order valence-corrected chi connectivity index (χ1v) is 16.7. The van der Waals surface area contributed by atoms with Crippen LogP contribution in [-0.4, -0.2) is 49.6 Å². The summed E-state index contributed by atoms with van der Waals surface area (Å²) in [5.74, 6) is 2.41. The zero-order valence-corrected chi connectivity index (χ0v) is 28.9. The molecule has 3 aliphatic rings. The Balaban J connectivity index is 1.40. The lowest BCUT2D eigenvalue weighted by molar-refractivity contribution is -0.145. The molecule has 3 heterocycles. The van der Waals surface area contributed by atoms with Crippen LogP contribution >= 0.6 is 0 Å². The molecule has 4 aromatic carbocycles. The summed E-state index contributed by atoms with van der Waals surface area (Å²) in [6.45, 7) is 9.63. The lowest BCUT2D eigenvalue weighted by atomic mass is 9.76. The minimum absolute atomic E-state index is 0.0847. The van der Waals surface area contributed by atoms with Crippen LogP contribution in [0, 0.1) is 27.7 Å². The molecular weight excluding hydrogens is 600 g/mol. The Morgan fingerprint density at radius 2 is 1.42 bits per heavy atom. The van der Waals surface area contributed by atoms with Crippen LogP contribution in [0.3, 0.4) is 0 Å². The molecule has 3 aliphatic heterocycles. The van der Waals surface area contributed by atoms with E-state index in [4.69, 9.17) is 18.9 Å². The van der Waals surface area contributed by atoms with Gasteiger partial charge in [0.1, 0.15) is 12.4 Å². The largest absolute Gasteiger partial charge is 0.496 e. The smallest absolute Gasteiger partial charge is 0.245 e. The number of amides is 1. The van der Waals surface area contributed by atoms with Gasteiger partial charge in [-0.1, -0.05) is 66.7 Å². The molecule has 0 aromatic heterocycles. The first kappa shape index (κ1) is 32.0. The Labute approximate surface area is 283 Å². The zero-order valence-electron chi connectivity index (χ0n) is 28.9. The van der Waals surface area contributed by atoms with Gasteiger partial charge in [0.25, 0.3) is 0 Å². The van der Waals surface area contributed by atoms with Crippen LogP contribution in [-0.2, 0) is 29.2 Å². The maximum Gasteiger partial charge on any atom is 0.245 e. The number of ether oxygens (including phenoxy) is 4. The summed E-state index contributed by atoms with van der Waals surface area (Å²) in [5, 5.41) is 0. The van der Waals surface area contributed by atoms with Crippen molar-refractivity contribution in [3.8, 4) is 17.2 Å². The Bertz CT molecular complexity index is 1900. The van der Waals surface area contributed by atoms with Crippen LogP contribution in [0.5, 0.6) is 17.2 Å². The average Bonchev–Trinajstić information content (AvgIpc) is 3.09. The number of rotatable bonds is 9. The van der Waals surface area contributed by atoms with Gasteiger partial charge in [0.15, 0.2) is 11.5 Å². The lowest BCUT2D eigenvalue weighted by Gasteiger charge is -2.54. The van der Waals surface area contributed by atoms with Gasteiger partial charge in [-0.3, -0.25) is 9.69 Å². The van der Waals surface area contributed by atoms with Crippen molar-refractivity contribution in [3.63, 3.8) is 0 Å². The van der Waals surface area contributed by atoms with Crippen LogP contribution in [0.2, 0.25) is 0 Å². The zero-order chi connectivity index (χ0) is 33.7. The summed E-state index contributed by atoms with van der Waals surface area (Å²) in [7, 11) is 5.49. The number of carbonyl (C=O) groups is 1. The first-order valence-electron chi connectivity index (χ1n) is 16.7. The van der Waals surface area contributed by atoms with Gasteiger partial charge in [0, 0.05) is 11.3 Å². The number of hydrogen-bond donors (Lipinski definition) is 0. The summed E-state index contributed by atoms with van der Waals surface area (Å²) in [6.07, 6.45) is 2.81. The molecule has 0 aliphatic carbocycles. The van der Waals surface area contributed by atoms with Gasteiger partial charge in [0.05, 0.1) is 45.6 Å². The Morgan fingerprint density at radius 3 is 2.06 bits per heavy atom. The van der Waals surface area contributed by atoms with E-state index >= 15 is 0 Å². The van der Waals surface area contributed by atoms with Crippen LogP contribution in [0.4, 0.5) is 0 Å². The number of fused-ring (bicyclic) bond motifs is 7. The van der Waals surface area contributed by atoms with Crippen molar-refractivity contribution in [2.75, 3.05) is 27.9 Å². The van der Waals surface area contributed by atoms with E-state index < -0.39 is 0 Å². The van der Waals surface area contributed by atoms with Gasteiger partial charge < -0.3 is 23.8 Å². The van der Waals surface area contributed by atoms with E-state index in [9.17, 15) is 4.79 Å². The second-order valence-corrected chi connectivity index (χ2v) is 13.2. The number of aryl methyl sites for hydroxylation is 1. The second-order valence-electron chi connectivity index (χ2n) is 13.2. The number of nitrogens with zero attached hydrogens (tertiary/aromatic N) is 2. The Hall–Kier alpha value is -4.59. The highest BCUT2D eigenvalue weighted by Gasteiger charge is 2.52. The van der Waals surface area contributed by atoms with Crippen LogP contribution in [0.15, 0.2) is 72.4 Å². The fourth-order valence-electron chi connectivity index (χ4n) is 8.10. The minimum Gasteiger partial charge on any atom is -0.496 e. The third-order valence-corrected chi connectivity index (χ3v) is 10.5. The van der Waals surface area contributed by atoms with Crippen LogP contribution < -0.4 is 14.2 Å². The molecule has 248 valence electrons. The van der Waals surface area contributed by atoms with Gasteiger partial charge in [-0.2, -0.15) is 0 Å². The van der Waals surface area contributed by atoms with Gasteiger partial charge >= 0.3 is 0 Å². The molecular formula is C41H44N2O5. The van der Waals surface area contributed by atoms with E-state index in [-0.39, 0.29) is 24.0 Å². The number of methoxy groups -OCH3 is 2. The third-order valence-electron chi connectivity index (χ3n) is 10.5. The van der Waals surface area contributed by atoms with Gasteiger partial charge in [-0.25, -0.2) is 0 Å². The van der Waals surface area contributed by atoms with E-state index in [1.807, 2.05) is 41.3 Å². The molecule has 0 radical (unpaired) electrons. The number of carbonyl (C=O) groups excluding carboxylic acids is 1. The SMILES string of the molecule is COc1c(C)c(C)c2c(c1C)[C@H](COCc1ccccc1)N1C(=O)[C@H]3Cc4cc(C)c(OC)c(OCc5ccccc5)c4[C@@H](C1=C2)N3C. The monoisotopic (exact) mass is 644 g/mol. The number of likely N-dealkylation sites (N-methyl/N-ethyl adjacent to an activating group) is 1. The fourth-order valence-corrected chi connectivity index (χ4v) is 8.10. The van der Waals surface area contributed by atoms with Crippen molar-refractivity contribution in [1.29, 1.82) is 0 Å². The maximum absolute atomic E-state index is 14.8. The molecule has 7 rings (SSSR count). The number of piperazine rings is 1. The van der Waals surface area contributed by atoms with Crippen molar-refractivity contribution in [2.24, 2.45) is 0 Å². The van der Waals surface area contributed by atoms with Crippen LogP contribution in [0.1, 0.15) is 67.7 Å². The molecule has 3 atom stereocenters. The molecule has 7 nitrogen and oxygen atoms in total. The van der Waals surface area contributed by atoms with E-state index in [0.29, 0.717) is 26.2 Å². The molecule has 0 N–H and O–H groups in total. The summed E-state index contributed by atoms with van der Waals surface area (Å²) < 4.78 is 25.2. The molecule has 7 heteroatoms. The van der Waals surface area contributed by atoms with Crippen molar-refractivity contribution in [1.82, 2.24) is 9.80 Å². The highest BCUT2D eigenvalue weighted by Crippen LogP contribution is 2.55. The second kappa shape index (κ2) is 12.8. The van der Waals surface area contributed by atoms with Gasteiger partial charge in [-0.05, 0) is 97.3 Å². The molecule has 2 bridgehead atoms. The molecule has 0 saturated carbocycles. The lowest BCUT2D eigenvalue weighted by Crippen LogP contribution is -2.60.